The Morgan fingerprint density at radius 1 is 0.778 bits per heavy atom. The second kappa shape index (κ2) is 15.4. The molecule has 232 valence electrons. The molecule has 0 aromatic heterocycles. The lowest BCUT2D eigenvalue weighted by atomic mass is 9.96. The molecule has 5 rings (SSSR count). The molecule has 1 N–H and O–H groups in total. The highest BCUT2D eigenvalue weighted by atomic mass is 35.5. The van der Waals surface area contributed by atoms with Crippen LogP contribution in [0.3, 0.4) is 0 Å². The van der Waals surface area contributed by atoms with Gasteiger partial charge in [0.1, 0.15) is 18.8 Å². The number of rotatable bonds is 11. The first kappa shape index (κ1) is 31.8. The van der Waals surface area contributed by atoms with Crippen LogP contribution in [-0.2, 0) is 16.1 Å². The Labute approximate surface area is 269 Å². The van der Waals surface area contributed by atoms with Crippen molar-refractivity contribution < 1.29 is 19.1 Å². The lowest BCUT2D eigenvalue weighted by Crippen LogP contribution is -2.53. The van der Waals surface area contributed by atoms with Crippen molar-refractivity contribution in [1.82, 2.24) is 20.0 Å². The van der Waals surface area contributed by atoms with Crippen LogP contribution in [0.5, 0.6) is 5.75 Å². The molecule has 9 heteroatoms. The van der Waals surface area contributed by atoms with Crippen molar-refractivity contribution in [3.8, 4) is 5.75 Å². The van der Waals surface area contributed by atoms with E-state index in [-0.39, 0.29) is 36.9 Å². The van der Waals surface area contributed by atoms with E-state index in [1.54, 1.807) is 36.3 Å². The summed E-state index contributed by atoms with van der Waals surface area (Å²) in [4.78, 5) is 45.5. The summed E-state index contributed by atoms with van der Waals surface area (Å²) < 4.78 is 5.19. The predicted molar refractivity (Wildman–Crippen MR) is 175 cm³/mol. The monoisotopic (exact) mass is 624 g/mol. The van der Waals surface area contributed by atoms with Gasteiger partial charge in [0.2, 0.25) is 11.8 Å². The number of methoxy groups -OCH3 is 1. The van der Waals surface area contributed by atoms with Gasteiger partial charge in [0.25, 0.3) is 5.91 Å². The number of hydrogen-bond donors (Lipinski definition) is 1. The second-order valence-corrected chi connectivity index (χ2v) is 11.4. The lowest BCUT2D eigenvalue weighted by molar-refractivity contribution is -0.134. The Morgan fingerprint density at radius 3 is 2.00 bits per heavy atom. The maximum atomic E-state index is 13.6. The van der Waals surface area contributed by atoms with E-state index in [1.807, 2.05) is 72.8 Å². The molecule has 1 atom stereocenters. The molecule has 1 unspecified atom stereocenters. The minimum atomic E-state index is -0.367. The molecule has 0 bridgehead atoms. The highest BCUT2D eigenvalue weighted by Gasteiger charge is 2.30. The van der Waals surface area contributed by atoms with Gasteiger partial charge in [-0.2, -0.15) is 0 Å². The molecule has 1 heterocycles. The maximum absolute atomic E-state index is 13.6. The van der Waals surface area contributed by atoms with Gasteiger partial charge in [0.05, 0.1) is 13.2 Å². The van der Waals surface area contributed by atoms with Gasteiger partial charge in [-0.3, -0.25) is 19.3 Å². The fraction of sp³-hybridized carbons (Fsp3) is 0.250. The molecule has 45 heavy (non-hydrogen) atoms. The molecule has 8 nitrogen and oxygen atoms in total. The van der Waals surface area contributed by atoms with Crippen molar-refractivity contribution in [3.05, 3.63) is 136 Å². The van der Waals surface area contributed by atoms with Gasteiger partial charge in [0.15, 0.2) is 0 Å². The number of piperazine rings is 1. The summed E-state index contributed by atoms with van der Waals surface area (Å²) in [6, 6.07) is 34.3. The van der Waals surface area contributed by atoms with Crippen LogP contribution in [0.1, 0.15) is 33.1 Å². The third kappa shape index (κ3) is 8.50. The van der Waals surface area contributed by atoms with Crippen molar-refractivity contribution in [3.63, 3.8) is 0 Å². The van der Waals surface area contributed by atoms with Gasteiger partial charge in [-0.25, -0.2) is 0 Å². The first-order valence-corrected chi connectivity index (χ1v) is 15.4. The van der Waals surface area contributed by atoms with Crippen molar-refractivity contribution in [1.29, 1.82) is 0 Å². The Bertz CT molecular complexity index is 1560. The topological polar surface area (TPSA) is 82.2 Å². The molecule has 4 aromatic rings. The van der Waals surface area contributed by atoms with E-state index in [0.717, 1.165) is 16.9 Å². The van der Waals surface area contributed by atoms with Crippen LogP contribution in [-0.4, -0.2) is 78.8 Å². The zero-order chi connectivity index (χ0) is 31.6. The first-order chi connectivity index (χ1) is 21.9. The minimum absolute atomic E-state index is 0.0197. The van der Waals surface area contributed by atoms with E-state index in [4.69, 9.17) is 16.3 Å². The molecule has 1 aliphatic heterocycles. The zero-order valence-corrected chi connectivity index (χ0v) is 26.0. The van der Waals surface area contributed by atoms with Crippen molar-refractivity contribution in [2.24, 2.45) is 0 Å². The summed E-state index contributed by atoms with van der Waals surface area (Å²) >= 11 is 6.18. The van der Waals surface area contributed by atoms with Crippen molar-refractivity contribution in [2.45, 2.75) is 12.6 Å². The highest BCUT2D eigenvalue weighted by molar-refractivity contribution is 6.30. The summed E-state index contributed by atoms with van der Waals surface area (Å²) in [7, 11) is 1.60. The number of nitrogens with one attached hydrogen (secondary N) is 1. The first-order valence-electron chi connectivity index (χ1n) is 15.0. The minimum Gasteiger partial charge on any atom is -0.497 e. The molecule has 0 saturated carbocycles. The molecule has 0 aliphatic carbocycles. The summed E-state index contributed by atoms with van der Waals surface area (Å²) in [5, 5.41) is 3.55. The Hall–Kier alpha value is -4.66. The zero-order valence-electron chi connectivity index (χ0n) is 25.3. The summed E-state index contributed by atoms with van der Waals surface area (Å²) in [5.41, 5.74) is 3.61. The molecule has 1 fully saturated rings. The quantitative estimate of drug-likeness (QED) is 0.253. The normalized spacial score (nSPS) is 14.0. The molecule has 3 amide bonds. The van der Waals surface area contributed by atoms with Crippen LogP contribution in [0.4, 0.5) is 0 Å². The van der Waals surface area contributed by atoms with Gasteiger partial charge in [-0.1, -0.05) is 84.4 Å². The second-order valence-electron chi connectivity index (χ2n) is 10.9. The van der Waals surface area contributed by atoms with Gasteiger partial charge in [-0.15, -0.1) is 0 Å². The Kier molecular flexibility index (Phi) is 10.8. The number of ether oxygens (including phenoxy) is 1. The number of carbonyl (C=O) groups excluding carboxylic acids is 3. The van der Waals surface area contributed by atoms with Crippen LogP contribution in [0.15, 0.2) is 109 Å². The number of amides is 3. The smallest absolute Gasteiger partial charge is 0.254 e. The largest absolute Gasteiger partial charge is 0.497 e. The fourth-order valence-corrected chi connectivity index (χ4v) is 5.65. The van der Waals surface area contributed by atoms with Crippen LogP contribution in [0.25, 0.3) is 0 Å². The molecule has 4 aromatic carbocycles. The number of hydrogen-bond acceptors (Lipinski definition) is 5. The molecule has 0 spiro atoms. The summed E-state index contributed by atoms with van der Waals surface area (Å²) in [6.45, 7) is 2.19. The van der Waals surface area contributed by atoms with Gasteiger partial charge in [-0.05, 0) is 53.1 Å². The Balaban J connectivity index is 1.24. The van der Waals surface area contributed by atoms with Crippen LogP contribution >= 0.6 is 11.6 Å². The fourth-order valence-electron chi connectivity index (χ4n) is 5.52. The molecule has 1 aliphatic rings. The molecule has 0 radical (unpaired) electrons. The lowest BCUT2D eigenvalue weighted by Gasteiger charge is -2.40. The van der Waals surface area contributed by atoms with Crippen molar-refractivity contribution >= 4 is 29.3 Å². The van der Waals surface area contributed by atoms with Gasteiger partial charge >= 0.3 is 0 Å². The number of benzene rings is 4. The number of nitrogens with zero attached hydrogens (tertiary/aromatic N) is 3. The highest BCUT2D eigenvalue weighted by Crippen LogP contribution is 2.30. The van der Waals surface area contributed by atoms with E-state index in [1.165, 1.54) is 10.5 Å². The standard InChI is InChI=1S/C36H37ClN4O4/c1-45-32-18-12-27(13-19-32)24-38-33(42)25-41(36(44)30-10-6-3-7-11-30)26-34(43)39-20-22-40(23-21-39)35(28-8-4-2-5-9-28)29-14-16-31(37)17-15-29/h2-19,35H,20-26H2,1H3,(H,38,42). The molecular formula is C36H37ClN4O4. The molecular weight excluding hydrogens is 588 g/mol. The predicted octanol–water partition coefficient (Wildman–Crippen LogP) is 5.04. The SMILES string of the molecule is COc1ccc(CNC(=O)CN(CC(=O)N2CCN(C(c3ccccc3)c3ccc(Cl)cc3)CC2)C(=O)c2ccccc2)cc1. The Morgan fingerprint density at radius 2 is 1.38 bits per heavy atom. The van der Waals surface area contributed by atoms with E-state index >= 15 is 0 Å². The van der Waals surface area contributed by atoms with Gasteiger partial charge < -0.3 is 19.9 Å². The average Bonchev–Trinajstić information content (AvgIpc) is 3.09. The van der Waals surface area contributed by atoms with E-state index in [9.17, 15) is 14.4 Å². The van der Waals surface area contributed by atoms with E-state index in [2.05, 4.69) is 22.3 Å². The van der Waals surface area contributed by atoms with Crippen LogP contribution < -0.4 is 10.1 Å². The maximum Gasteiger partial charge on any atom is 0.254 e. The molecule has 1 saturated heterocycles. The van der Waals surface area contributed by atoms with E-state index < -0.39 is 0 Å². The third-order valence-electron chi connectivity index (χ3n) is 7.95. The van der Waals surface area contributed by atoms with Crippen LogP contribution in [0, 0.1) is 0 Å². The number of carbonyl (C=O) groups is 3. The third-order valence-corrected chi connectivity index (χ3v) is 8.20. The van der Waals surface area contributed by atoms with Crippen LogP contribution in [0.2, 0.25) is 5.02 Å². The number of halogens is 1. The van der Waals surface area contributed by atoms with E-state index in [0.29, 0.717) is 43.3 Å². The summed E-state index contributed by atoms with van der Waals surface area (Å²) in [5.74, 6) is -0.176. The average molecular weight is 625 g/mol. The summed E-state index contributed by atoms with van der Waals surface area (Å²) in [6.07, 6.45) is 0. The van der Waals surface area contributed by atoms with Gasteiger partial charge in [0, 0.05) is 43.3 Å². The van der Waals surface area contributed by atoms with Crippen molar-refractivity contribution in [2.75, 3.05) is 46.4 Å².